The average molecular weight is 278 g/mol. The highest BCUT2D eigenvalue weighted by molar-refractivity contribution is 8.46. The Hall–Kier alpha value is -0.490. The summed E-state index contributed by atoms with van der Waals surface area (Å²) in [6.45, 7) is 6.49. The molecule has 0 bridgehead atoms. The molecule has 0 fully saturated rings. The molecule has 1 aromatic heterocycles. The van der Waals surface area contributed by atoms with Gasteiger partial charge in [-0.2, -0.15) is 4.98 Å². The minimum Gasteiger partial charge on any atom is -0.344 e. The van der Waals surface area contributed by atoms with Crippen LogP contribution in [0.1, 0.15) is 38.4 Å². The van der Waals surface area contributed by atoms with Gasteiger partial charge in [0.25, 0.3) is 10.9 Å². The lowest BCUT2D eigenvalue weighted by atomic mass is 10.2. The lowest BCUT2D eigenvalue weighted by Gasteiger charge is -2.22. The van der Waals surface area contributed by atoms with Crippen LogP contribution in [0.15, 0.2) is 4.52 Å². The first-order chi connectivity index (χ1) is 8.09. The number of aromatic nitrogens is 2. The van der Waals surface area contributed by atoms with Crippen molar-refractivity contribution in [3.63, 3.8) is 0 Å². The van der Waals surface area contributed by atoms with E-state index in [-0.39, 0.29) is 5.92 Å². The molecule has 2 atom stereocenters. The number of hydrogen-bond acceptors (Lipinski definition) is 7. The van der Waals surface area contributed by atoms with Gasteiger partial charge in [0.2, 0.25) is 0 Å². The van der Waals surface area contributed by atoms with Crippen LogP contribution >= 0.6 is 19.0 Å². The molecule has 0 saturated carbocycles. The molecule has 1 heterocycles. The van der Waals surface area contributed by atoms with Crippen molar-refractivity contribution in [2.24, 2.45) is 0 Å². The van der Waals surface area contributed by atoms with Crippen LogP contribution in [0, 0.1) is 0 Å². The Morgan fingerprint density at radius 3 is 2.76 bits per heavy atom. The zero-order chi connectivity index (χ0) is 12.9. The summed E-state index contributed by atoms with van der Waals surface area (Å²) >= 11 is 1.07. The van der Waals surface area contributed by atoms with E-state index in [4.69, 9.17) is 9.26 Å². The van der Waals surface area contributed by atoms with E-state index in [2.05, 4.69) is 15.5 Å². The largest absolute Gasteiger partial charge is 0.401 e. The highest BCUT2D eigenvalue weighted by Crippen LogP contribution is 2.40. The van der Waals surface area contributed by atoms with Crippen LogP contribution in [0.4, 0.5) is 0 Å². The van der Waals surface area contributed by atoms with Crippen molar-refractivity contribution >= 4 is 19.0 Å². The van der Waals surface area contributed by atoms with Gasteiger partial charge in [-0.15, -0.1) is 0 Å². The van der Waals surface area contributed by atoms with Gasteiger partial charge >= 0.3 is 7.66 Å². The standard InChI is InChI=1S/C9H16N3O3PS/c1-5-10-9(14-4,17-16-13)8-11-7(6(2)3)12-15-8/h6,10H,5H2,1-4H3/p+1. The predicted molar refractivity (Wildman–Crippen MR) is 67.3 cm³/mol. The fraction of sp³-hybridized carbons (Fsp3) is 0.778. The Morgan fingerprint density at radius 2 is 2.35 bits per heavy atom. The van der Waals surface area contributed by atoms with Crippen LogP contribution in [0.3, 0.4) is 0 Å². The van der Waals surface area contributed by atoms with E-state index in [1.807, 2.05) is 20.8 Å². The summed E-state index contributed by atoms with van der Waals surface area (Å²) in [6.07, 6.45) is 0. The maximum Gasteiger partial charge on any atom is 0.401 e. The maximum atomic E-state index is 10.9. The summed E-state index contributed by atoms with van der Waals surface area (Å²) in [5.74, 6) is 1.07. The van der Waals surface area contributed by atoms with Gasteiger partial charge in [-0.05, 0) is 6.54 Å². The first-order valence-electron chi connectivity index (χ1n) is 5.29. The Morgan fingerprint density at radius 1 is 1.65 bits per heavy atom. The minimum absolute atomic E-state index is 0.170. The third kappa shape index (κ3) is 3.25. The van der Waals surface area contributed by atoms with Crippen LogP contribution in [0.2, 0.25) is 0 Å². The molecule has 8 heteroatoms. The lowest BCUT2D eigenvalue weighted by molar-refractivity contribution is 0.0151. The molecule has 0 aliphatic rings. The van der Waals surface area contributed by atoms with E-state index in [1.165, 1.54) is 7.11 Å². The molecule has 2 unspecified atom stereocenters. The van der Waals surface area contributed by atoms with E-state index in [0.29, 0.717) is 18.3 Å². The van der Waals surface area contributed by atoms with Crippen molar-refractivity contribution in [2.75, 3.05) is 13.7 Å². The monoisotopic (exact) mass is 278 g/mol. The zero-order valence-electron chi connectivity index (χ0n) is 10.3. The minimum atomic E-state index is -1.03. The molecule has 0 aliphatic carbocycles. The fourth-order valence-corrected chi connectivity index (χ4v) is 2.92. The van der Waals surface area contributed by atoms with Gasteiger partial charge in [0.1, 0.15) is 0 Å². The van der Waals surface area contributed by atoms with Crippen molar-refractivity contribution in [2.45, 2.75) is 31.7 Å². The van der Waals surface area contributed by atoms with Crippen LogP contribution in [-0.2, 0) is 14.4 Å². The number of hydrogen-bond donors (Lipinski definition) is 1. The highest BCUT2D eigenvalue weighted by Gasteiger charge is 2.43. The summed E-state index contributed by atoms with van der Waals surface area (Å²) < 4.78 is 21.4. The molecule has 1 rings (SSSR count). The van der Waals surface area contributed by atoms with Gasteiger partial charge in [-0.25, -0.2) is 0 Å². The molecular weight excluding hydrogens is 261 g/mol. The van der Waals surface area contributed by atoms with Gasteiger partial charge in [-0.3, -0.25) is 5.32 Å². The van der Waals surface area contributed by atoms with Crippen molar-refractivity contribution in [3.05, 3.63) is 11.7 Å². The van der Waals surface area contributed by atoms with Gasteiger partial charge < -0.3 is 9.26 Å². The third-order valence-corrected chi connectivity index (χ3v) is 4.09. The molecule has 6 nitrogen and oxygen atoms in total. The second-order valence-electron chi connectivity index (χ2n) is 3.65. The molecule has 0 saturated heterocycles. The van der Waals surface area contributed by atoms with Crippen LogP contribution in [0.25, 0.3) is 0 Å². The summed E-state index contributed by atoms with van der Waals surface area (Å²) in [7, 11) is 0.915. The zero-order valence-corrected chi connectivity index (χ0v) is 12.1. The summed E-state index contributed by atoms with van der Waals surface area (Å²) in [4.78, 5) is 4.27. The van der Waals surface area contributed by atoms with Crippen molar-refractivity contribution in [1.82, 2.24) is 15.5 Å². The second-order valence-corrected chi connectivity index (χ2v) is 5.71. The summed E-state index contributed by atoms with van der Waals surface area (Å²) in [5, 5.41) is 5.91. The molecule has 96 valence electrons. The topological polar surface area (TPSA) is 77.2 Å². The van der Waals surface area contributed by atoms with Crippen LogP contribution in [-0.4, -0.2) is 23.8 Å². The van der Waals surface area contributed by atoms with Gasteiger partial charge in [0.15, 0.2) is 17.2 Å². The fourth-order valence-electron chi connectivity index (χ4n) is 1.25. The molecule has 0 amide bonds. The van der Waals surface area contributed by atoms with Crippen molar-refractivity contribution in [3.8, 4) is 0 Å². The summed E-state index contributed by atoms with van der Waals surface area (Å²) in [6, 6.07) is 0. The highest BCUT2D eigenvalue weighted by atomic mass is 32.7. The van der Waals surface area contributed by atoms with Gasteiger partial charge in [0.05, 0.1) is 0 Å². The molecule has 1 aromatic rings. The van der Waals surface area contributed by atoms with Crippen LogP contribution < -0.4 is 5.32 Å². The van der Waals surface area contributed by atoms with Gasteiger partial charge in [0, 0.05) is 13.0 Å². The average Bonchev–Trinajstić information content (AvgIpc) is 2.78. The number of ether oxygens (including phenoxy) is 1. The van der Waals surface area contributed by atoms with E-state index >= 15 is 0 Å². The van der Waals surface area contributed by atoms with Crippen molar-refractivity contribution < 1.29 is 13.8 Å². The first-order valence-corrected chi connectivity index (χ1v) is 7.74. The number of nitrogens with zero attached hydrogens (tertiary/aromatic N) is 2. The molecule has 0 aromatic carbocycles. The molecule has 1 N–H and O–H groups in total. The molecule has 0 spiro atoms. The van der Waals surface area contributed by atoms with E-state index in [0.717, 1.165) is 11.4 Å². The molecule has 17 heavy (non-hydrogen) atoms. The summed E-state index contributed by atoms with van der Waals surface area (Å²) in [5.41, 5.74) is 0. The van der Waals surface area contributed by atoms with Crippen molar-refractivity contribution in [1.29, 1.82) is 0 Å². The quantitative estimate of drug-likeness (QED) is 0.605. The smallest absolute Gasteiger partial charge is 0.344 e. The molecule has 0 radical (unpaired) electrons. The normalized spacial score (nSPS) is 15.4. The SMILES string of the molecule is CCNC(OC)(S[PH+]=O)c1nc(C(C)C)no1. The predicted octanol–water partition coefficient (Wildman–Crippen LogP) is 2.23. The Labute approximate surface area is 106 Å². The Bertz CT molecular complexity index is 374. The first kappa shape index (κ1) is 14.6. The number of methoxy groups -OCH3 is 1. The lowest BCUT2D eigenvalue weighted by Crippen LogP contribution is -2.40. The third-order valence-electron chi connectivity index (χ3n) is 2.12. The van der Waals surface area contributed by atoms with Crippen LogP contribution in [0.5, 0.6) is 0 Å². The maximum absolute atomic E-state index is 10.9. The Balaban J connectivity index is 3.06. The Kier molecular flexibility index (Phi) is 5.52. The number of nitrogens with one attached hydrogen (secondary N) is 1. The second kappa shape index (κ2) is 6.44. The van der Waals surface area contributed by atoms with E-state index in [9.17, 15) is 4.57 Å². The van der Waals surface area contributed by atoms with Gasteiger partial charge in [-0.1, -0.05) is 30.5 Å². The molecular formula is C9H17N3O3PS+. The van der Waals surface area contributed by atoms with E-state index < -0.39 is 12.7 Å². The number of rotatable bonds is 7. The van der Waals surface area contributed by atoms with E-state index in [1.54, 1.807) is 0 Å². The molecule has 0 aliphatic heterocycles.